The maximum absolute atomic E-state index is 9.69. The Labute approximate surface area is 98.7 Å². The number of aliphatic hydroxyl groups excluding tert-OH is 1. The van der Waals surface area contributed by atoms with Gasteiger partial charge in [-0.05, 0) is 14.0 Å². The van der Waals surface area contributed by atoms with E-state index >= 15 is 0 Å². The first-order valence-corrected chi connectivity index (χ1v) is 5.84. The lowest BCUT2D eigenvalue weighted by Crippen LogP contribution is -2.38. The molecule has 1 atom stereocenters. The zero-order valence-electron chi connectivity index (χ0n) is 10.7. The molecule has 0 aromatic heterocycles. The van der Waals surface area contributed by atoms with E-state index in [0.29, 0.717) is 19.7 Å². The fourth-order valence-electron chi connectivity index (χ4n) is 1.32. The van der Waals surface area contributed by atoms with Crippen molar-refractivity contribution in [1.29, 1.82) is 0 Å². The summed E-state index contributed by atoms with van der Waals surface area (Å²) in [4.78, 5) is 2.07. The fourth-order valence-corrected chi connectivity index (χ4v) is 1.32. The van der Waals surface area contributed by atoms with Gasteiger partial charge in [-0.3, -0.25) is 0 Å². The number of nitrogens with zero attached hydrogens (tertiary/aromatic N) is 1. The smallest absolute Gasteiger partial charge is 0.0791 e. The van der Waals surface area contributed by atoms with Crippen molar-refractivity contribution in [2.24, 2.45) is 0 Å². The lowest BCUT2D eigenvalue weighted by molar-refractivity contribution is 0.0875. The van der Waals surface area contributed by atoms with Gasteiger partial charge in [0.15, 0.2) is 0 Å². The first kappa shape index (κ1) is 15.8. The molecule has 0 radical (unpaired) electrons. The van der Waals surface area contributed by atoms with Gasteiger partial charge in [-0.25, -0.2) is 0 Å². The topological polar surface area (TPSA) is 54.0 Å². The van der Waals surface area contributed by atoms with Gasteiger partial charge in [-0.15, -0.1) is 0 Å². The van der Waals surface area contributed by atoms with Crippen molar-refractivity contribution < 1.29 is 14.6 Å². The van der Waals surface area contributed by atoms with Crippen LogP contribution in [0.4, 0.5) is 0 Å². The minimum absolute atomic E-state index is 0.344. The zero-order chi connectivity index (χ0) is 12.2. The molecule has 0 fully saturated rings. The molecule has 5 heteroatoms. The van der Waals surface area contributed by atoms with E-state index in [1.807, 2.05) is 14.0 Å². The molecule has 0 amide bonds. The zero-order valence-corrected chi connectivity index (χ0v) is 10.7. The summed E-state index contributed by atoms with van der Waals surface area (Å²) < 4.78 is 10.1. The number of rotatable bonds is 11. The maximum atomic E-state index is 9.69. The molecule has 0 aromatic rings. The van der Waals surface area contributed by atoms with Crippen molar-refractivity contribution in [3.8, 4) is 0 Å². The van der Waals surface area contributed by atoms with E-state index < -0.39 is 0 Å². The van der Waals surface area contributed by atoms with E-state index in [9.17, 15) is 5.11 Å². The molecule has 0 saturated carbocycles. The van der Waals surface area contributed by atoms with E-state index in [-0.39, 0.29) is 6.10 Å². The second kappa shape index (κ2) is 11.3. The van der Waals surface area contributed by atoms with Crippen LogP contribution in [0, 0.1) is 0 Å². The quantitative estimate of drug-likeness (QED) is 0.474. The minimum atomic E-state index is -0.344. The van der Waals surface area contributed by atoms with Gasteiger partial charge >= 0.3 is 0 Å². The van der Waals surface area contributed by atoms with E-state index in [1.54, 1.807) is 7.11 Å². The van der Waals surface area contributed by atoms with E-state index in [2.05, 4.69) is 10.2 Å². The predicted molar refractivity (Wildman–Crippen MR) is 64.7 cm³/mol. The summed E-state index contributed by atoms with van der Waals surface area (Å²) in [6.45, 7) is 7.00. The Morgan fingerprint density at radius 3 is 2.75 bits per heavy atom. The molecule has 0 aliphatic carbocycles. The second-order valence-corrected chi connectivity index (χ2v) is 3.81. The number of methoxy groups -OCH3 is 1. The maximum Gasteiger partial charge on any atom is 0.0791 e. The Morgan fingerprint density at radius 1 is 1.38 bits per heavy atom. The van der Waals surface area contributed by atoms with Crippen LogP contribution < -0.4 is 5.32 Å². The monoisotopic (exact) mass is 234 g/mol. The Hall–Kier alpha value is -0.200. The molecule has 0 aliphatic rings. The number of nitrogens with one attached hydrogen (secondary N) is 1. The molecule has 0 heterocycles. The van der Waals surface area contributed by atoms with Crippen molar-refractivity contribution in [3.63, 3.8) is 0 Å². The van der Waals surface area contributed by atoms with Gasteiger partial charge in [0.25, 0.3) is 0 Å². The third kappa shape index (κ3) is 10.3. The van der Waals surface area contributed by atoms with Gasteiger partial charge in [0.05, 0.1) is 19.3 Å². The molecule has 0 aliphatic heterocycles. The van der Waals surface area contributed by atoms with Crippen molar-refractivity contribution in [2.45, 2.75) is 13.0 Å². The number of hydrogen-bond donors (Lipinski definition) is 2. The van der Waals surface area contributed by atoms with Gasteiger partial charge in [0.2, 0.25) is 0 Å². The lowest BCUT2D eigenvalue weighted by Gasteiger charge is -2.20. The van der Waals surface area contributed by atoms with Crippen LogP contribution in [0.3, 0.4) is 0 Å². The van der Waals surface area contributed by atoms with Crippen LogP contribution in [0.5, 0.6) is 0 Å². The SMILES string of the molecule is CCOCCN(C)CC(O)CNCCOC. The summed E-state index contributed by atoms with van der Waals surface area (Å²) in [5, 5.41) is 12.8. The van der Waals surface area contributed by atoms with Crippen LogP contribution in [-0.2, 0) is 9.47 Å². The Bertz CT molecular complexity index is 147. The van der Waals surface area contributed by atoms with Crippen LogP contribution in [0.25, 0.3) is 0 Å². The highest BCUT2D eigenvalue weighted by molar-refractivity contribution is 4.64. The van der Waals surface area contributed by atoms with E-state index in [1.165, 1.54) is 0 Å². The first-order valence-electron chi connectivity index (χ1n) is 5.84. The predicted octanol–water partition coefficient (Wildman–Crippen LogP) is -0.448. The minimum Gasteiger partial charge on any atom is -0.390 e. The molecule has 5 nitrogen and oxygen atoms in total. The second-order valence-electron chi connectivity index (χ2n) is 3.81. The average molecular weight is 234 g/mol. The Morgan fingerprint density at radius 2 is 2.12 bits per heavy atom. The standard InChI is InChI=1S/C11H26N2O3/c1-4-16-8-6-13(2)10-11(14)9-12-5-7-15-3/h11-12,14H,4-10H2,1-3H3. The van der Waals surface area contributed by atoms with Crippen LogP contribution in [0.15, 0.2) is 0 Å². The number of ether oxygens (including phenoxy) is 2. The molecular formula is C11H26N2O3. The largest absolute Gasteiger partial charge is 0.390 e. The number of likely N-dealkylation sites (N-methyl/N-ethyl adjacent to an activating group) is 1. The van der Waals surface area contributed by atoms with Crippen LogP contribution in [0.2, 0.25) is 0 Å². The normalized spacial score (nSPS) is 13.3. The molecule has 0 saturated heterocycles. The average Bonchev–Trinajstić information content (AvgIpc) is 2.25. The Kier molecular flexibility index (Phi) is 11.1. The first-order chi connectivity index (χ1) is 7.70. The van der Waals surface area contributed by atoms with Gasteiger partial charge in [-0.1, -0.05) is 0 Å². The molecule has 0 bridgehead atoms. The number of aliphatic hydroxyl groups is 1. The van der Waals surface area contributed by atoms with Crippen molar-refractivity contribution in [3.05, 3.63) is 0 Å². The van der Waals surface area contributed by atoms with E-state index in [0.717, 1.165) is 26.3 Å². The molecule has 0 aromatic carbocycles. The van der Waals surface area contributed by atoms with Gasteiger partial charge in [0, 0.05) is 39.9 Å². The molecule has 0 rings (SSSR count). The Balaban J connectivity index is 3.35. The molecule has 1 unspecified atom stereocenters. The lowest BCUT2D eigenvalue weighted by atomic mass is 10.3. The summed E-state index contributed by atoms with van der Waals surface area (Å²) in [6, 6.07) is 0. The summed E-state index contributed by atoms with van der Waals surface area (Å²) in [7, 11) is 3.65. The molecule has 98 valence electrons. The van der Waals surface area contributed by atoms with Crippen molar-refractivity contribution in [2.75, 3.05) is 60.2 Å². The third-order valence-corrected chi connectivity index (χ3v) is 2.21. The van der Waals surface area contributed by atoms with E-state index in [4.69, 9.17) is 9.47 Å². The number of hydrogen-bond acceptors (Lipinski definition) is 5. The summed E-state index contributed by atoms with van der Waals surface area (Å²) in [5.74, 6) is 0. The highest BCUT2D eigenvalue weighted by Gasteiger charge is 2.07. The molecule has 0 spiro atoms. The van der Waals surface area contributed by atoms with Crippen LogP contribution >= 0.6 is 0 Å². The third-order valence-electron chi connectivity index (χ3n) is 2.21. The van der Waals surface area contributed by atoms with Crippen molar-refractivity contribution in [1.82, 2.24) is 10.2 Å². The van der Waals surface area contributed by atoms with Crippen LogP contribution in [-0.4, -0.2) is 76.3 Å². The molecule has 2 N–H and O–H groups in total. The van der Waals surface area contributed by atoms with Gasteiger partial charge < -0.3 is 24.8 Å². The summed E-state index contributed by atoms with van der Waals surface area (Å²) >= 11 is 0. The van der Waals surface area contributed by atoms with Gasteiger partial charge in [-0.2, -0.15) is 0 Å². The molecule has 16 heavy (non-hydrogen) atoms. The van der Waals surface area contributed by atoms with Gasteiger partial charge in [0.1, 0.15) is 0 Å². The fraction of sp³-hybridized carbons (Fsp3) is 1.00. The highest BCUT2D eigenvalue weighted by atomic mass is 16.5. The summed E-state index contributed by atoms with van der Waals surface area (Å²) in [6.07, 6.45) is -0.344. The van der Waals surface area contributed by atoms with Crippen LogP contribution in [0.1, 0.15) is 6.92 Å². The summed E-state index contributed by atoms with van der Waals surface area (Å²) in [5.41, 5.74) is 0. The highest BCUT2D eigenvalue weighted by Crippen LogP contribution is 1.89. The molecular weight excluding hydrogens is 208 g/mol. The van der Waals surface area contributed by atoms with Crippen molar-refractivity contribution >= 4 is 0 Å².